The second-order valence-corrected chi connectivity index (χ2v) is 13.0. The van der Waals surface area contributed by atoms with Gasteiger partial charge in [0.2, 0.25) is 0 Å². The van der Waals surface area contributed by atoms with E-state index in [0.29, 0.717) is 54.8 Å². The molecule has 3 aromatic rings. The lowest BCUT2D eigenvalue weighted by atomic mass is 9.93. The number of rotatable bonds is 9. The van der Waals surface area contributed by atoms with Crippen LogP contribution in [0.3, 0.4) is 0 Å². The number of benzene rings is 2. The van der Waals surface area contributed by atoms with E-state index in [1.54, 1.807) is 37.3 Å². The van der Waals surface area contributed by atoms with Crippen LogP contribution in [0.4, 0.5) is 24.8 Å². The van der Waals surface area contributed by atoms with Crippen LogP contribution in [0.2, 0.25) is 0 Å². The summed E-state index contributed by atoms with van der Waals surface area (Å²) in [5.74, 6) is 10.6. The molecule has 0 aliphatic carbocycles. The first kappa shape index (κ1) is 30.5. The molecule has 42 heavy (non-hydrogen) atoms. The normalized spacial score (nSPS) is 14.9. The molecular weight excluding hydrogens is 569 g/mol. The zero-order valence-electron chi connectivity index (χ0n) is 23.2. The molecular formula is C29H31F3N6O3S. The van der Waals surface area contributed by atoms with Gasteiger partial charge < -0.3 is 19.3 Å². The van der Waals surface area contributed by atoms with E-state index in [2.05, 4.69) is 44.6 Å². The summed E-state index contributed by atoms with van der Waals surface area (Å²) >= 11 is 0. The van der Waals surface area contributed by atoms with Crippen LogP contribution in [0.25, 0.3) is 0 Å². The van der Waals surface area contributed by atoms with Crippen LogP contribution in [0.1, 0.15) is 18.5 Å². The van der Waals surface area contributed by atoms with Gasteiger partial charge in [-0.3, -0.25) is 10.7 Å². The van der Waals surface area contributed by atoms with E-state index in [0.717, 1.165) is 4.90 Å². The lowest BCUT2D eigenvalue weighted by molar-refractivity contribution is -0.274. The van der Waals surface area contributed by atoms with Crippen molar-refractivity contribution in [3.8, 4) is 23.3 Å². The van der Waals surface area contributed by atoms with Gasteiger partial charge in [-0.05, 0) is 66.3 Å². The summed E-state index contributed by atoms with van der Waals surface area (Å²) in [5, 5.41) is 19.5. The minimum atomic E-state index is -4.77. The average molecular weight is 601 g/mol. The van der Waals surface area contributed by atoms with Crippen LogP contribution in [0.5, 0.6) is 17.2 Å². The molecule has 0 atom stereocenters. The van der Waals surface area contributed by atoms with Crippen LogP contribution in [-0.4, -0.2) is 65.2 Å². The van der Waals surface area contributed by atoms with E-state index >= 15 is 0 Å². The molecule has 2 N–H and O–H groups in total. The first-order valence-electron chi connectivity index (χ1n) is 12.7. The average Bonchev–Trinajstić information content (AvgIpc) is 2.96. The highest BCUT2D eigenvalue weighted by atomic mass is 32.2. The Labute approximate surface area is 242 Å². The van der Waals surface area contributed by atoms with Crippen LogP contribution in [0, 0.1) is 11.3 Å². The predicted octanol–water partition coefficient (Wildman–Crippen LogP) is 5.66. The molecule has 0 unspecified atom stereocenters. The van der Waals surface area contributed by atoms with Crippen LogP contribution in [0.15, 0.2) is 71.9 Å². The van der Waals surface area contributed by atoms with Crippen LogP contribution < -0.4 is 24.8 Å². The van der Waals surface area contributed by atoms with E-state index in [-0.39, 0.29) is 11.4 Å². The van der Waals surface area contributed by atoms with Gasteiger partial charge in [-0.2, -0.15) is 14.5 Å². The number of ether oxygens (including phenoxy) is 2. The van der Waals surface area contributed by atoms with Gasteiger partial charge in [-0.25, -0.2) is 9.97 Å². The number of hydrogen-bond acceptors (Lipinski definition) is 9. The van der Waals surface area contributed by atoms with Crippen molar-refractivity contribution in [3.63, 3.8) is 0 Å². The van der Waals surface area contributed by atoms with E-state index in [9.17, 15) is 23.6 Å². The largest absolute Gasteiger partial charge is 0.573 e. The summed E-state index contributed by atoms with van der Waals surface area (Å²) in [6.07, 6.45) is -2.03. The Hall–Kier alpha value is -4.41. The number of aromatic nitrogens is 2. The van der Waals surface area contributed by atoms with Crippen molar-refractivity contribution in [2.24, 2.45) is 0 Å². The quantitative estimate of drug-likeness (QED) is 0.238. The van der Waals surface area contributed by atoms with Gasteiger partial charge in [0, 0.05) is 32.9 Å². The predicted molar refractivity (Wildman–Crippen MR) is 159 cm³/mol. The van der Waals surface area contributed by atoms with Crippen molar-refractivity contribution in [2.45, 2.75) is 28.8 Å². The summed E-state index contributed by atoms with van der Waals surface area (Å²) in [7, 11) is 1.49. The number of alkyl halides is 3. The monoisotopic (exact) mass is 600 g/mol. The van der Waals surface area contributed by atoms with Crippen molar-refractivity contribution < 1.29 is 27.9 Å². The Kier molecular flexibility index (Phi) is 8.60. The second kappa shape index (κ2) is 11.8. The number of hydroxylamine groups is 1. The third kappa shape index (κ3) is 6.24. The van der Waals surface area contributed by atoms with Crippen molar-refractivity contribution in [1.82, 2.24) is 15.4 Å². The van der Waals surface area contributed by atoms with Crippen LogP contribution >= 0.6 is 9.21 Å². The number of piperidine rings is 1. The highest BCUT2D eigenvalue weighted by Crippen LogP contribution is 2.54. The smallest absolute Gasteiger partial charge is 0.457 e. The summed E-state index contributed by atoms with van der Waals surface area (Å²) in [5.41, 5.74) is 2.90. The van der Waals surface area contributed by atoms with E-state index < -0.39 is 20.3 Å². The number of anilines is 2. The van der Waals surface area contributed by atoms with Gasteiger partial charge in [-0.1, -0.05) is 18.3 Å². The molecule has 222 valence electrons. The molecule has 0 bridgehead atoms. The van der Waals surface area contributed by atoms with E-state index in [1.165, 1.54) is 24.3 Å². The van der Waals surface area contributed by atoms with Gasteiger partial charge in [0.05, 0.1) is 10.9 Å². The molecule has 13 heteroatoms. The number of nitriles is 1. The van der Waals surface area contributed by atoms with Crippen molar-refractivity contribution in [1.29, 1.82) is 5.26 Å². The zero-order chi connectivity index (χ0) is 30.7. The highest BCUT2D eigenvalue weighted by Gasteiger charge is 2.42. The van der Waals surface area contributed by atoms with Gasteiger partial charge in [-0.15, -0.1) is 13.2 Å². The molecule has 0 saturated carbocycles. The number of nitrogens with one attached hydrogen (secondary N) is 1. The molecule has 0 radical (unpaired) electrons. The van der Waals surface area contributed by atoms with Crippen molar-refractivity contribution >= 4 is 32.6 Å². The first-order valence-corrected chi connectivity index (χ1v) is 14.7. The fraction of sp³-hybridized carbons (Fsp3) is 0.276. The molecule has 1 saturated heterocycles. The maximum atomic E-state index is 12.4. The minimum Gasteiger partial charge on any atom is -0.457 e. The Morgan fingerprint density at radius 3 is 2.12 bits per heavy atom. The summed E-state index contributed by atoms with van der Waals surface area (Å²) in [6, 6.07) is 14.4. The highest BCUT2D eigenvalue weighted by molar-refractivity contribution is 8.29. The van der Waals surface area contributed by atoms with Gasteiger partial charge >= 0.3 is 6.36 Å². The Morgan fingerprint density at radius 2 is 1.62 bits per heavy atom. The molecule has 1 aromatic heterocycles. The molecule has 0 spiro atoms. The lowest BCUT2D eigenvalue weighted by Gasteiger charge is -2.47. The third-order valence-electron chi connectivity index (χ3n) is 7.17. The minimum absolute atomic E-state index is 0.234. The van der Waals surface area contributed by atoms with Crippen LogP contribution in [-0.2, 0) is 0 Å². The lowest BCUT2D eigenvalue weighted by Crippen LogP contribution is -2.48. The summed E-state index contributed by atoms with van der Waals surface area (Å²) in [6.45, 7) is 5.18. The maximum absolute atomic E-state index is 12.4. The van der Waals surface area contributed by atoms with Gasteiger partial charge in [0.25, 0.3) is 0 Å². The Morgan fingerprint density at radius 1 is 1.07 bits per heavy atom. The molecule has 1 aliphatic rings. The molecule has 1 fully saturated rings. The molecule has 0 amide bonds. The fourth-order valence-electron chi connectivity index (χ4n) is 4.89. The molecule has 2 heterocycles. The molecule has 9 nitrogen and oxygen atoms in total. The van der Waals surface area contributed by atoms with E-state index in [1.807, 2.05) is 17.0 Å². The third-order valence-corrected chi connectivity index (χ3v) is 10.5. The maximum Gasteiger partial charge on any atom is 0.573 e. The molecule has 2 aromatic carbocycles. The number of hydrogen-bond donors (Lipinski definition) is 2. The van der Waals surface area contributed by atoms with Gasteiger partial charge in [0.1, 0.15) is 29.1 Å². The second-order valence-electron chi connectivity index (χ2n) is 9.95. The van der Waals surface area contributed by atoms with Crippen molar-refractivity contribution in [3.05, 3.63) is 72.7 Å². The Bertz CT molecular complexity index is 1580. The van der Waals surface area contributed by atoms with Crippen molar-refractivity contribution in [2.75, 3.05) is 37.0 Å². The summed E-state index contributed by atoms with van der Waals surface area (Å²) < 4.78 is 46.2. The fourth-order valence-corrected chi connectivity index (χ4v) is 7.48. The number of nitrogens with zero attached hydrogens (tertiary/aromatic N) is 5. The standard InChI is InChI=1S/C29H31F3N6O3S/c1-20(36-39)28(14-16-38(17-15-28)26-19-34-27(37(2)3)25(18-33)35-26)42(4,5)24-12-10-22(11-13-24)40-21-6-8-23(9-7-21)41-29(30,31)32/h6-13,19,36,39H,1,4-5,14-17H2,2-3H3. The summed E-state index contributed by atoms with van der Waals surface area (Å²) in [4.78, 5) is 13.5. The zero-order valence-corrected chi connectivity index (χ0v) is 24.0. The number of halogens is 3. The molecule has 1 aliphatic heterocycles. The SMILES string of the molecule is C=C(NO)C1(S(=C)(=C)c2ccc(Oc3ccc(OC(F)(F)F)cc3)cc2)CCN(c2cnc(N(C)C)c(C#N)n2)CC1. The molecule has 4 rings (SSSR count). The van der Waals surface area contributed by atoms with E-state index in [4.69, 9.17) is 4.74 Å². The van der Waals surface area contributed by atoms with Gasteiger partial charge in [0.15, 0.2) is 11.5 Å². The topological polar surface area (TPSA) is 107 Å². The Balaban J connectivity index is 1.52. The first-order chi connectivity index (χ1) is 19.8.